The molecule has 0 bridgehead atoms. The molecule has 1 amide bonds. The average molecular weight is 424 g/mol. The summed E-state index contributed by atoms with van der Waals surface area (Å²) in [6, 6.07) is 20.0. The van der Waals surface area contributed by atoms with E-state index in [1.165, 1.54) is 27.7 Å². The number of rotatable bonds is 3. The number of benzene rings is 3. The van der Waals surface area contributed by atoms with Gasteiger partial charge in [0.05, 0.1) is 32.8 Å². The number of nitro benzene ring substituents is 1. The van der Waals surface area contributed by atoms with Crippen LogP contribution in [0.3, 0.4) is 0 Å². The predicted octanol–water partition coefficient (Wildman–Crippen LogP) is 3.81. The van der Waals surface area contributed by atoms with Crippen molar-refractivity contribution >= 4 is 39.8 Å². The van der Waals surface area contributed by atoms with Crippen LogP contribution in [-0.2, 0) is 4.79 Å². The number of amides is 1. The molecular weight excluding hydrogens is 408 g/mol. The van der Waals surface area contributed by atoms with Crippen molar-refractivity contribution < 1.29 is 9.72 Å². The van der Waals surface area contributed by atoms with Crippen LogP contribution in [0.5, 0.6) is 0 Å². The van der Waals surface area contributed by atoms with Crippen LogP contribution < -0.4 is 10.5 Å². The number of carbonyl (C=O) groups excluding carboxylic acids is 1. The summed E-state index contributed by atoms with van der Waals surface area (Å²) < 4.78 is 1.30. The lowest BCUT2D eigenvalue weighted by Gasteiger charge is -2.12. The van der Waals surface area contributed by atoms with E-state index in [9.17, 15) is 19.7 Å². The zero-order valence-electron chi connectivity index (χ0n) is 16.9. The Morgan fingerprint density at radius 1 is 0.969 bits per heavy atom. The molecule has 0 spiro atoms. The molecule has 0 N–H and O–H groups in total. The predicted molar refractivity (Wildman–Crippen MR) is 122 cm³/mol. The normalized spacial score (nSPS) is 14.2. The van der Waals surface area contributed by atoms with Gasteiger partial charge in [-0.05, 0) is 30.3 Å². The zero-order chi connectivity index (χ0) is 22.4. The molecule has 8 heteroatoms. The third-order valence-corrected chi connectivity index (χ3v) is 5.46. The van der Waals surface area contributed by atoms with Crippen LogP contribution in [0, 0.1) is 10.1 Å². The first-order valence-corrected chi connectivity index (χ1v) is 9.81. The molecule has 1 aliphatic rings. The molecule has 0 unspecified atom stereocenters. The Bertz CT molecular complexity index is 1520. The van der Waals surface area contributed by atoms with Crippen molar-refractivity contribution in [3.05, 3.63) is 105 Å². The van der Waals surface area contributed by atoms with Gasteiger partial charge in [-0.1, -0.05) is 36.4 Å². The Balaban J connectivity index is 1.83. The fourth-order valence-electron chi connectivity index (χ4n) is 3.91. The number of hydrogen-bond acceptors (Lipinski definition) is 5. The monoisotopic (exact) mass is 424 g/mol. The van der Waals surface area contributed by atoms with Gasteiger partial charge in [-0.15, -0.1) is 0 Å². The first-order valence-electron chi connectivity index (χ1n) is 9.81. The molecule has 1 aromatic heterocycles. The van der Waals surface area contributed by atoms with Crippen molar-refractivity contribution in [1.82, 2.24) is 9.55 Å². The number of para-hydroxylation sites is 2. The smallest absolute Gasteiger partial charge is 0.271 e. The Labute approximate surface area is 181 Å². The minimum absolute atomic E-state index is 0.150. The van der Waals surface area contributed by atoms with Gasteiger partial charge in [-0.3, -0.25) is 24.3 Å². The van der Waals surface area contributed by atoms with Gasteiger partial charge >= 0.3 is 0 Å². The van der Waals surface area contributed by atoms with E-state index in [2.05, 4.69) is 4.98 Å². The van der Waals surface area contributed by atoms with Gasteiger partial charge in [-0.2, -0.15) is 0 Å². The number of aromatic nitrogens is 2. The van der Waals surface area contributed by atoms with Crippen LogP contribution in [0.25, 0.3) is 28.2 Å². The lowest BCUT2D eigenvalue weighted by molar-refractivity contribution is -0.384. The Morgan fingerprint density at radius 3 is 2.53 bits per heavy atom. The van der Waals surface area contributed by atoms with Gasteiger partial charge in [0.15, 0.2) is 0 Å². The summed E-state index contributed by atoms with van der Waals surface area (Å²) in [4.78, 5) is 43.3. The van der Waals surface area contributed by atoms with Crippen LogP contribution >= 0.6 is 0 Å². The molecular formula is C24H16N4O4. The average Bonchev–Trinajstić information content (AvgIpc) is 3.04. The quantitative estimate of drug-likeness (QED) is 0.283. The van der Waals surface area contributed by atoms with Crippen LogP contribution in [0.2, 0.25) is 0 Å². The van der Waals surface area contributed by atoms with E-state index in [1.807, 2.05) is 24.3 Å². The van der Waals surface area contributed by atoms with Gasteiger partial charge < -0.3 is 4.90 Å². The minimum atomic E-state index is -0.521. The second-order valence-corrected chi connectivity index (χ2v) is 7.34. The molecule has 5 rings (SSSR count). The molecule has 2 heterocycles. The maximum Gasteiger partial charge on any atom is 0.271 e. The van der Waals surface area contributed by atoms with Crippen LogP contribution in [0.4, 0.5) is 11.4 Å². The largest absolute Gasteiger partial charge is 0.311 e. The Morgan fingerprint density at radius 2 is 1.72 bits per heavy atom. The van der Waals surface area contributed by atoms with Crippen molar-refractivity contribution in [1.29, 1.82) is 0 Å². The standard InChI is InChI=1S/C24H16N4O4/c1-26-21-12-5-3-9-17(21)19(23(26)29)14-22-25-20-11-4-2-10-18(20)24(30)27(22)15-7-6-8-16(13-15)28(31)32/h2-14H,1H3/b19-14+. The third-order valence-electron chi connectivity index (χ3n) is 5.46. The maximum atomic E-state index is 13.4. The molecule has 0 radical (unpaired) electrons. The second-order valence-electron chi connectivity index (χ2n) is 7.34. The summed E-state index contributed by atoms with van der Waals surface area (Å²) in [5, 5.41) is 11.7. The van der Waals surface area contributed by atoms with E-state index < -0.39 is 4.92 Å². The number of fused-ring (bicyclic) bond motifs is 2. The number of hydrogen-bond donors (Lipinski definition) is 0. The van der Waals surface area contributed by atoms with E-state index in [0.29, 0.717) is 22.2 Å². The molecule has 1 aliphatic heterocycles. The summed E-state index contributed by atoms with van der Waals surface area (Å²) >= 11 is 0. The van der Waals surface area contributed by atoms with Gasteiger partial charge in [0.25, 0.3) is 17.2 Å². The lowest BCUT2D eigenvalue weighted by atomic mass is 10.1. The summed E-state index contributed by atoms with van der Waals surface area (Å²) in [6.07, 6.45) is 1.57. The van der Waals surface area contributed by atoms with E-state index in [1.54, 1.807) is 43.5 Å². The third kappa shape index (κ3) is 2.97. The highest BCUT2D eigenvalue weighted by Crippen LogP contribution is 2.36. The summed E-state index contributed by atoms with van der Waals surface area (Å²) in [7, 11) is 1.68. The number of nitro groups is 1. The van der Waals surface area contributed by atoms with Crippen LogP contribution in [0.15, 0.2) is 77.6 Å². The number of carbonyl (C=O) groups is 1. The van der Waals surface area contributed by atoms with Gasteiger partial charge in [-0.25, -0.2) is 4.98 Å². The minimum Gasteiger partial charge on any atom is -0.311 e. The molecule has 3 aromatic carbocycles. The van der Waals surface area contributed by atoms with Gasteiger partial charge in [0.1, 0.15) is 5.82 Å². The number of anilines is 1. The van der Waals surface area contributed by atoms with Crippen LogP contribution in [0.1, 0.15) is 11.4 Å². The van der Waals surface area contributed by atoms with Gasteiger partial charge in [0.2, 0.25) is 0 Å². The molecule has 32 heavy (non-hydrogen) atoms. The van der Waals surface area contributed by atoms with Crippen molar-refractivity contribution in [3.63, 3.8) is 0 Å². The number of likely N-dealkylation sites (N-methyl/N-ethyl adjacent to an activating group) is 1. The fourth-order valence-corrected chi connectivity index (χ4v) is 3.91. The van der Waals surface area contributed by atoms with E-state index in [4.69, 9.17) is 0 Å². The van der Waals surface area contributed by atoms with E-state index in [0.717, 1.165) is 11.3 Å². The number of non-ortho nitro benzene ring substituents is 1. The molecule has 4 aromatic rings. The highest BCUT2D eigenvalue weighted by atomic mass is 16.6. The van der Waals surface area contributed by atoms with Crippen molar-refractivity contribution in [2.24, 2.45) is 0 Å². The number of nitrogens with zero attached hydrogens (tertiary/aromatic N) is 4. The molecule has 0 aliphatic carbocycles. The highest BCUT2D eigenvalue weighted by molar-refractivity contribution is 6.35. The molecule has 156 valence electrons. The van der Waals surface area contributed by atoms with Gasteiger partial charge in [0, 0.05) is 24.7 Å². The highest BCUT2D eigenvalue weighted by Gasteiger charge is 2.30. The summed E-state index contributed by atoms with van der Waals surface area (Å²) in [6.45, 7) is 0. The molecule has 0 atom stereocenters. The maximum absolute atomic E-state index is 13.4. The molecule has 0 fully saturated rings. The van der Waals surface area contributed by atoms with Crippen molar-refractivity contribution in [3.8, 4) is 5.69 Å². The first kappa shape index (κ1) is 19.4. The zero-order valence-corrected chi connectivity index (χ0v) is 16.9. The molecule has 8 nitrogen and oxygen atoms in total. The molecule has 0 saturated carbocycles. The van der Waals surface area contributed by atoms with E-state index >= 15 is 0 Å². The fraction of sp³-hybridized carbons (Fsp3) is 0.0417. The molecule has 0 saturated heterocycles. The summed E-state index contributed by atoms with van der Waals surface area (Å²) in [5.41, 5.74) is 2.11. The van der Waals surface area contributed by atoms with E-state index in [-0.39, 0.29) is 23.0 Å². The SMILES string of the molecule is CN1C(=O)/C(=C/c2nc3ccccc3c(=O)n2-c2cccc([N+](=O)[O-])c2)c2ccccc21. The topological polar surface area (TPSA) is 98.3 Å². The Kier molecular flexibility index (Phi) is 4.41. The Hall–Kier alpha value is -4.59. The van der Waals surface area contributed by atoms with Crippen molar-refractivity contribution in [2.75, 3.05) is 11.9 Å². The van der Waals surface area contributed by atoms with Crippen LogP contribution in [-0.4, -0.2) is 27.4 Å². The summed E-state index contributed by atoms with van der Waals surface area (Å²) in [5.74, 6) is -0.0122. The lowest BCUT2D eigenvalue weighted by Crippen LogP contribution is -2.23. The second kappa shape index (κ2) is 7.28. The van der Waals surface area contributed by atoms with Crippen molar-refractivity contribution in [2.45, 2.75) is 0 Å². The first-order chi connectivity index (χ1) is 15.5.